The van der Waals surface area contributed by atoms with Crippen LogP contribution in [0.4, 0.5) is 0 Å². The Hall–Kier alpha value is -0.690. The fourth-order valence-corrected chi connectivity index (χ4v) is 1.83. The topological polar surface area (TPSA) is 102 Å². The number of nitrogens with one attached hydrogen (secondary N) is 2. The van der Waals surface area contributed by atoms with Gasteiger partial charge in [0.05, 0.1) is 30.9 Å². The van der Waals surface area contributed by atoms with Gasteiger partial charge in [-0.1, -0.05) is 6.92 Å². The number of hydrogen-bond donors (Lipinski definition) is 5. The lowest BCUT2D eigenvalue weighted by Crippen LogP contribution is -2.44. The molecule has 1 aliphatic heterocycles. The van der Waals surface area contributed by atoms with E-state index < -0.39 is 24.3 Å². The van der Waals surface area contributed by atoms with E-state index in [4.69, 9.17) is 5.11 Å². The molecule has 0 bridgehead atoms. The van der Waals surface area contributed by atoms with E-state index in [2.05, 4.69) is 10.6 Å². The first-order chi connectivity index (χ1) is 7.60. The predicted octanol–water partition coefficient (Wildman–Crippen LogP) is -2.04. The molecule has 94 valence electrons. The summed E-state index contributed by atoms with van der Waals surface area (Å²) in [6.07, 6.45) is -0.722. The van der Waals surface area contributed by atoms with E-state index in [1.807, 2.05) is 6.92 Å². The highest BCUT2D eigenvalue weighted by Gasteiger charge is 2.40. The Morgan fingerprint density at radius 1 is 1.31 bits per heavy atom. The molecule has 0 aliphatic carbocycles. The normalized spacial score (nSPS) is 34.0. The summed E-state index contributed by atoms with van der Waals surface area (Å²) in [7, 11) is 0. The van der Waals surface area contributed by atoms with Crippen LogP contribution in [0.2, 0.25) is 0 Å². The van der Waals surface area contributed by atoms with Gasteiger partial charge >= 0.3 is 0 Å². The standard InChI is InChI=1S/C10H20N2O4/c1-2-3-8(14)11-4-6-9(15)10(16)7(5-13)12-6/h6-7,9-10,12-13,15-16H,2-5H2,1H3,(H,11,14). The lowest BCUT2D eigenvalue weighted by Gasteiger charge is -2.16. The second-order valence-electron chi connectivity index (χ2n) is 4.10. The Morgan fingerprint density at radius 3 is 2.44 bits per heavy atom. The fraction of sp³-hybridized carbons (Fsp3) is 0.900. The van der Waals surface area contributed by atoms with Gasteiger partial charge in [0, 0.05) is 13.0 Å². The molecule has 1 fully saturated rings. The van der Waals surface area contributed by atoms with E-state index in [0.717, 1.165) is 6.42 Å². The molecule has 1 heterocycles. The molecule has 1 saturated heterocycles. The highest BCUT2D eigenvalue weighted by molar-refractivity contribution is 5.75. The first kappa shape index (κ1) is 13.4. The first-order valence-electron chi connectivity index (χ1n) is 5.59. The van der Waals surface area contributed by atoms with E-state index in [0.29, 0.717) is 6.42 Å². The second-order valence-corrected chi connectivity index (χ2v) is 4.10. The average Bonchev–Trinajstić information content (AvgIpc) is 2.54. The fourth-order valence-electron chi connectivity index (χ4n) is 1.83. The maximum atomic E-state index is 11.2. The molecule has 5 N–H and O–H groups in total. The molecule has 6 nitrogen and oxygen atoms in total. The van der Waals surface area contributed by atoms with Crippen molar-refractivity contribution in [3.8, 4) is 0 Å². The molecule has 1 rings (SSSR count). The molecule has 0 spiro atoms. The molecular weight excluding hydrogens is 212 g/mol. The number of rotatable bonds is 5. The van der Waals surface area contributed by atoms with Crippen molar-refractivity contribution in [1.29, 1.82) is 0 Å². The Bertz CT molecular complexity index is 237. The summed E-state index contributed by atoms with van der Waals surface area (Å²) in [5, 5.41) is 33.6. The number of aliphatic hydroxyl groups excluding tert-OH is 3. The Balaban J connectivity index is 2.35. The van der Waals surface area contributed by atoms with E-state index in [1.165, 1.54) is 0 Å². The van der Waals surface area contributed by atoms with Crippen LogP contribution < -0.4 is 10.6 Å². The molecule has 0 aromatic rings. The van der Waals surface area contributed by atoms with Crippen LogP contribution in [0, 0.1) is 0 Å². The third kappa shape index (κ3) is 3.15. The lowest BCUT2D eigenvalue weighted by molar-refractivity contribution is -0.121. The molecule has 1 aliphatic rings. The van der Waals surface area contributed by atoms with Crippen molar-refractivity contribution in [2.24, 2.45) is 0 Å². The number of aliphatic hydroxyl groups is 3. The van der Waals surface area contributed by atoms with Crippen molar-refractivity contribution in [3.63, 3.8) is 0 Å². The van der Waals surface area contributed by atoms with Gasteiger partial charge in [0.15, 0.2) is 0 Å². The van der Waals surface area contributed by atoms with E-state index in [1.54, 1.807) is 0 Å². The van der Waals surface area contributed by atoms with E-state index in [-0.39, 0.29) is 19.1 Å². The Morgan fingerprint density at radius 2 is 1.94 bits per heavy atom. The molecule has 4 unspecified atom stereocenters. The molecule has 0 aromatic carbocycles. The highest BCUT2D eigenvalue weighted by Crippen LogP contribution is 2.13. The Kier molecular flexibility index (Phi) is 5.14. The SMILES string of the molecule is CCCC(=O)NCC1NC(CO)C(O)C1O. The van der Waals surface area contributed by atoms with Crippen LogP contribution in [-0.4, -0.2) is 58.7 Å². The molecule has 4 atom stereocenters. The van der Waals surface area contributed by atoms with Gasteiger partial charge in [-0.2, -0.15) is 0 Å². The van der Waals surface area contributed by atoms with Crippen LogP contribution in [0.3, 0.4) is 0 Å². The molecule has 0 saturated carbocycles. The van der Waals surface area contributed by atoms with Crippen LogP contribution >= 0.6 is 0 Å². The van der Waals surface area contributed by atoms with Crippen LogP contribution in [0.25, 0.3) is 0 Å². The quantitative estimate of drug-likeness (QED) is 0.376. The number of carbonyl (C=O) groups is 1. The summed E-state index contributed by atoms with van der Waals surface area (Å²) >= 11 is 0. The summed E-state index contributed by atoms with van der Waals surface area (Å²) in [5.74, 6) is -0.0709. The zero-order valence-corrected chi connectivity index (χ0v) is 9.39. The van der Waals surface area contributed by atoms with Crippen molar-refractivity contribution >= 4 is 5.91 Å². The summed E-state index contributed by atoms with van der Waals surface area (Å²) in [5.41, 5.74) is 0. The van der Waals surface area contributed by atoms with E-state index >= 15 is 0 Å². The van der Waals surface area contributed by atoms with Gasteiger partial charge < -0.3 is 26.0 Å². The van der Waals surface area contributed by atoms with Crippen LogP contribution in [0.15, 0.2) is 0 Å². The van der Waals surface area contributed by atoms with Crippen LogP contribution in [-0.2, 0) is 4.79 Å². The summed E-state index contributed by atoms with van der Waals surface area (Å²) in [6.45, 7) is 1.93. The molecule has 6 heteroatoms. The largest absolute Gasteiger partial charge is 0.395 e. The molecule has 1 amide bonds. The van der Waals surface area contributed by atoms with Gasteiger partial charge in [-0.3, -0.25) is 4.79 Å². The van der Waals surface area contributed by atoms with Crippen LogP contribution in [0.5, 0.6) is 0 Å². The molecule has 16 heavy (non-hydrogen) atoms. The van der Waals surface area contributed by atoms with Crippen molar-refractivity contribution in [2.75, 3.05) is 13.2 Å². The second kappa shape index (κ2) is 6.15. The molecule has 0 aromatic heterocycles. The van der Waals surface area contributed by atoms with Gasteiger partial charge in [-0.25, -0.2) is 0 Å². The molecule has 0 radical (unpaired) electrons. The van der Waals surface area contributed by atoms with Crippen molar-refractivity contribution in [2.45, 2.75) is 44.1 Å². The monoisotopic (exact) mass is 232 g/mol. The van der Waals surface area contributed by atoms with Crippen molar-refractivity contribution in [3.05, 3.63) is 0 Å². The number of carbonyl (C=O) groups excluding carboxylic acids is 1. The maximum Gasteiger partial charge on any atom is 0.220 e. The Labute approximate surface area is 94.7 Å². The summed E-state index contributed by atoms with van der Waals surface area (Å²) < 4.78 is 0. The minimum atomic E-state index is -0.988. The maximum absolute atomic E-state index is 11.2. The highest BCUT2D eigenvalue weighted by atomic mass is 16.3. The predicted molar refractivity (Wildman–Crippen MR) is 57.7 cm³/mol. The lowest BCUT2D eigenvalue weighted by atomic mass is 10.1. The summed E-state index contributed by atoms with van der Waals surface area (Å²) in [4.78, 5) is 11.2. The molecular formula is C10H20N2O4. The minimum Gasteiger partial charge on any atom is -0.395 e. The smallest absolute Gasteiger partial charge is 0.220 e. The zero-order valence-electron chi connectivity index (χ0n) is 9.39. The van der Waals surface area contributed by atoms with Gasteiger partial charge in [0.2, 0.25) is 5.91 Å². The minimum absolute atomic E-state index is 0.0709. The van der Waals surface area contributed by atoms with Crippen molar-refractivity contribution in [1.82, 2.24) is 10.6 Å². The average molecular weight is 232 g/mol. The van der Waals surface area contributed by atoms with Gasteiger partial charge in [0.25, 0.3) is 0 Å². The number of amides is 1. The van der Waals surface area contributed by atoms with Crippen molar-refractivity contribution < 1.29 is 20.1 Å². The van der Waals surface area contributed by atoms with Gasteiger partial charge in [-0.05, 0) is 6.42 Å². The van der Waals surface area contributed by atoms with Crippen LogP contribution in [0.1, 0.15) is 19.8 Å². The third-order valence-electron chi connectivity index (χ3n) is 2.80. The third-order valence-corrected chi connectivity index (χ3v) is 2.80. The zero-order chi connectivity index (χ0) is 12.1. The number of hydrogen-bond acceptors (Lipinski definition) is 5. The van der Waals surface area contributed by atoms with Gasteiger partial charge in [-0.15, -0.1) is 0 Å². The summed E-state index contributed by atoms with van der Waals surface area (Å²) in [6, 6.07) is -0.934. The first-order valence-corrected chi connectivity index (χ1v) is 5.59. The van der Waals surface area contributed by atoms with Gasteiger partial charge in [0.1, 0.15) is 0 Å². The van der Waals surface area contributed by atoms with E-state index in [9.17, 15) is 15.0 Å².